The van der Waals surface area contributed by atoms with E-state index >= 15 is 0 Å². The number of carbonyl (C=O) groups is 1. The molecule has 0 spiro atoms. The standard InChI is InChI=1S/C24H30F2N2O2/c1-5-21-16-27(23(29)30-24(2,3)4)14-15-28(21)22(17-6-10-19(25)11-7-17)18-8-12-20(26)13-9-18/h6-13,21-22H,5,14-16H2,1-4H3/t21-/m1/s1. The average Bonchev–Trinajstić information content (AvgIpc) is 2.70. The Bertz CT molecular complexity index is 802. The molecule has 1 aliphatic heterocycles. The molecule has 2 aromatic carbocycles. The van der Waals surface area contributed by atoms with Crippen LogP contribution in [0.3, 0.4) is 0 Å². The quantitative estimate of drug-likeness (QED) is 0.670. The van der Waals surface area contributed by atoms with E-state index in [0.717, 1.165) is 17.5 Å². The Morgan fingerprint density at radius 1 is 1.00 bits per heavy atom. The zero-order valence-electron chi connectivity index (χ0n) is 18.1. The number of carbonyl (C=O) groups excluding carboxylic acids is 1. The van der Waals surface area contributed by atoms with Crippen molar-refractivity contribution in [2.45, 2.75) is 51.8 Å². The molecule has 0 aliphatic carbocycles. The van der Waals surface area contributed by atoms with Gasteiger partial charge in [0.1, 0.15) is 17.2 Å². The Morgan fingerprint density at radius 3 is 1.93 bits per heavy atom. The van der Waals surface area contributed by atoms with Crippen molar-refractivity contribution in [3.63, 3.8) is 0 Å². The maximum atomic E-state index is 13.5. The number of amides is 1. The van der Waals surface area contributed by atoms with Crippen molar-refractivity contribution in [1.82, 2.24) is 9.80 Å². The van der Waals surface area contributed by atoms with E-state index in [9.17, 15) is 13.6 Å². The number of ether oxygens (including phenoxy) is 1. The van der Waals surface area contributed by atoms with E-state index in [0.29, 0.717) is 19.6 Å². The van der Waals surface area contributed by atoms with E-state index in [1.54, 1.807) is 29.2 Å². The van der Waals surface area contributed by atoms with Gasteiger partial charge in [0.25, 0.3) is 0 Å². The summed E-state index contributed by atoms with van der Waals surface area (Å²) >= 11 is 0. The predicted molar refractivity (Wildman–Crippen MR) is 113 cm³/mol. The molecule has 0 bridgehead atoms. The third-order valence-corrected chi connectivity index (χ3v) is 5.35. The van der Waals surface area contributed by atoms with Crippen molar-refractivity contribution >= 4 is 6.09 Å². The van der Waals surface area contributed by atoms with Crippen LogP contribution in [0.5, 0.6) is 0 Å². The summed E-state index contributed by atoms with van der Waals surface area (Å²) in [4.78, 5) is 16.6. The van der Waals surface area contributed by atoms with Gasteiger partial charge in [0.15, 0.2) is 0 Å². The van der Waals surface area contributed by atoms with Gasteiger partial charge in [0.05, 0.1) is 6.04 Å². The molecule has 3 rings (SSSR count). The van der Waals surface area contributed by atoms with Gasteiger partial charge in [-0.05, 0) is 62.6 Å². The summed E-state index contributed by atoms with van der Waals surface area (Å²) in [5, 5.41) is 0. The molecule has 30 heavy (non-hydrogen) atoms. The second kappa shape index (κ2) is 9.13. The zero-order chi connectivity index (χ0) is 21.9. The molecule has 1 amide bonds. The van der Waals surface area contributed by atoms with Crippen molar-refractivity contribution in [3.05, 3.63) is 71.3 Å². The van der Waals surface area contributed by atoms with E-state index < -0.39 is 5.60 Å². The van der Waals surface area contributed by atoms with Gasteiger partial charge in [-0.25, -0.2) is 13.6 Å². The van der Waals surface area contributed by atoms with Crippen LogP contribution in [0.15, 0.2) is 48.5 Å². The molecular formula is C24H30F2N2O2. The van der Waals surface area contributed by atoms with Gasteiger partial charge in [0, 0.05) is 25.7 Å². The summed E-state index contributed by atoms with van der Waals surface area (Å²) in [5.41, 5.74) is 1.33. The summed E-state index contributed by atoms with van der Waals surface area (Å²) in [7, 11) is 0. The van der Waals surface area contributed by atoms with Crippen LogP contribution in [0, 0.1) is 11.6 Å². The van der Waals surface area contributed by atoms with Gasteiger partial charge in [0.2, 0.25) is 0 Å². The van der Waals surface area contributed by atoms with Crippen LogP contribution in [0.1, 0.15) is 51.3 Å². The molecule has 0 radical (unpaired) electrons. The lowest BCUT2D eigenvalue weighted by Gasteiger charge is -2.45. The molecule has 0 aromatic heterocycles. The van der Waals surface area contributed by atoms with Crippen LogP contribution in [0.4, 0.5) is 13.6 Å². The smallest absolute Gasteiger partial charge is 0.410 e. The molecule has 1 atom stereocenters. The van der Waals surface area contributed by atoms with Crippen LogP contribution in [0.2, 0.25) is 0 Å². The van der Waals surface area contributed by atoms with Crippen LogP contribution in [0.25, 0.3) is 0 Å². The minimum Gasteiger partial charge on any atom is -0.444 e. The fourth-order valence-corrected chi connectivity index (χ4v) is 3.93. The predicted octanol–water partition coefficient (Wildman–Crippen LogP) is 5.39. The summed E-state index contributed by atoms with van der Waals surface area (Å²) in [6, 6.07) is 12.8. The maximum absolute atomic E-state index is 13.5. The molecule has 0 N–H and O–H groups in total. The topological polar surface area (TPSA) is 32.8 Å². The number of benzene rings is 2. The van der Waals surface area contributed by atoms with E-state index in [1.807, 2.05) is 20.8 Å². The lowest BCUT2D eigenvalue weighted by molar-refractivity contribution is -0.00223. The molecule has 0 saturated carbocycles. The van der Waals surface area contributed by atoms with Gasteiger partial charge >= 0.3 is 6.09 Å². The molecule has 6 heteroatoms. The highest BCUT2D eigenvalue weighted by Gasteiger charge is 2.35. The third-order valence-electron chi connectivity index (χ3n) is 5.35. The SMILES string of the molecule is CC[C@@H]1CN(C(=O)OC(C)(C)C)CCN1C(c1ccc(F)cc1)c1ccc(F)cc1. The number of halogens is 2. The Labute approximate surface area is 177 Å². The normalized spacial score (nSPS) is 18.0. The Kier molecular flexibility index (Phi) is 6.76. The lowest BCUT2D eigenvalue weighted by atomic mass is 9.93. The maximum Gasteiger partial charge on any atom is 0.410 e. The van der Waals surface area contributed by atoms with Crippen LogP contribution in [-0.2, 0) is 4.74 Å². The molecule has 0 unspecified atom stereocenters. The number of nitrogens with zero attached hydrogens (tertiary/aromatic N) is 2. The lowest BCUT2D eigenvalue weighted by Crippen LogP contribution is -2.56. The molecule has 2 aromatic rings. The second-order valence-corrected chi connectivity index (χ2v) is 8.73. The first-order valence-corrected chi connectivity index (χ1v) is 10.4. The zero-order valence-corrected chi connectivity index (χ0v) is 18.1. The molecule has 1 heterocycles. The Balaban J connectivity index is 1.88. The van der Waals surface area contributed by atoms with Crippen molar-refractivity contribution in [1.29, 1.82) is 0 Å². The van der Waals surface area contributed by atoms with Crippen molar-refractivity contribution in [3.8, 4) is 0 Å². The first-order chi connectivity index (χ1) is 14.2. The first kappa shape index (κ1) is 22.2. The molecule has 1 fully saturated rings. The largest absolute Gasteiger partial charge is 0.444 e. The summed E-state index contributed by atoms with van der Waals surface area (Å²) in [6.07, 6.45) is 0.527. The first-order valence-electron chi connectivity index (χ1n) is 10.4. The Hall–Kier alpha value is -2.47. The molecular weight excluding hydrogens is 386 g/mol. The molecule has 1 aliphatic rings. The van der Waals surface area contributed by atoms with Crippen molar-refractivity contribution < 1.29 is 18.3 Å². The summed E-state index contributed by atoms with van der Waals surface area (Å²) in [6.45, 7) is 9.38. The van der Waals surface area contributed by atoms with Gasteiger partial charge in [-0.1, -0.05) is 31.2 Å². The van der Waals surface area contributed by atoms with E-state index in [2.05, 4.69) is 11.8 Å². The van der Waals surface area contributed by atoms with Gasteiger partial charge < -0.3 is 9.64 Å². The fourth-order valence-electron chi connectivity index (χ4n) is 3.93. The van der Waals surface area contributed by atoms with Crippen LogP contribution >= 0.6 is 0 Å². The minimum absolute atomic E-state index is 0.0892. The number of hydrogen-bond acceptors (Lipinski definition) is 3. The van der Waals surface area contributed by atoms with E-state index in [1.165, 1.54) is 24.3 Å². The molecule has 162 valence electrons. The second-order valence-electron chi connectivity index (χ2n) is 8.73. The minimum atomic E-state index is -0.541. The monoisotopic (exact) mass is 416 g/mol. The highest BCUT2D eigenvalue weighted by molar-refractivity contribution is 5.68. The highest BCUT2D eigenvalue weighted by Crippen LogP contribution is 2.33. The fraction of sp³-hybridized carbons (Fsp3) is 0.458. The Morgan fingerprint density at radius 2 is 1.50 bits per heavy atom. The third kappa shape index (κ3) is 5.36. The molecule has 4 nitrogen and oxygen atoms in total. The summed E-state index contributed by atoms with van der Waals surface area (Å²) in [5.74, 6) is -0.586. The van der Waals surface area contributed by atoms with E-state index in [4.69, 9.17) is 4.74 Å². The van der Waals surface area contributed by atoms with Gasteiger partial charge in [-0.3, -0.25) is 4.90 Å². The van der Waals surface area contributed by atoms with Gasteiger partial charge in [-0.2, -0.15) is 0 Å². The van der Waals surface area contributed by atoms with E-state index in [-0.39, 0.29) is 29.8 Å². The highest BCUT2D eigenvalue weighted by atomic mass is 19.1. The number of hydrogen-bond donors (Lipinski definition) is 0. The van der Waals surface area contributed by atoms with Crippen LogP contribution in [-0.4, -0.2) is 47.2 Å². The number of piperazine rings is 1. The average molecular weight is 417 g/mol. The summed E-state index contributed by atoms with van der Waals surface area (Å²) < 4.78 is 32.6. The molecule has 1 saturated heterocycles. The van der Waals surface area contributed by atoms with Crippen LogP contribution < -0.4 is 0 Å². The number of rotatable bonds is 4. The van der Waals surface area contributed by atoms with Crippen molar-refractivity contribution in [2.75, 3.05) is 19.6 Å². The van der Waals surface area contributed by atoms with Gasteiger partial charge in [-0.15, -0.1) is 0 Å². The van der Waals surface area contributed by atoms with Crippen molar-refractivity contribution in [2.24, 2.45) is 0 Å².